The van der Waals surface area contributed by atoms with Gasteiger partial charge >= 0.3 is 0 Å². The van der Waals surface area contributed by atoms with Gasteiger partial charge in [0, 0.05) is 18.3 Å². The molecule has 0 bridgehead atoms. The predicted octanol–water partition coefficient (Wildman–Crippen LogP) is 3.49. The van der Waals surface area contributed by atoms with Crippen molar-refractivity contribution in [3.8, 4) is 11.5 Å². The first-order valence-electron chi connectivity index (χ1n) is 6.87. The van der Waals surface area contributed by atoms with Crippen molar-refractivity contribution < 1.29 is 9.47 Å². The number of nitrogens with one attached hydrogen (secondary N) is 1. The first-order valence-corrected chi connectivity index (χ1v) is 6.87. The van der Waals surface area contributed by atoms with Gasteiger partial charge in [-0.1, -0.05) is 18.2 Å². The van der Waals surface area contributed by atoms with Crippen LogP contribution < -0.4 is 14.8 Å². The lowest BCUT2D eigenvalue weighted by atomic mass is 10.3. The summed E-state index contributed by atoms with van der Waals surface area (Å²) in [4.78, 5) is 4.32. The van der Waals surface area contributed by atoms with Crippen molar-refractivity contribution >= 4 is 5.82 Å². The van der Waals surface area contributed by atoms with E-state index < -0.39 is 0 Å². The molecule has 0 radical (unpaired) electrons. The Balaban J connectivity index is 1.97. The summed E-state index contributed by atoms with van der Waals surface area (Å²) in [5.74, 6) is 2.41. The quantitative estimate of drug-likeness (QED) is 0.838. The first kappa shape index (κ1) is 14.2. The molecule has 0 aliphatic heterocycles. The number of anilines is 1. The number of aromatic nitrogens is 1. The third kappa shape index (κ3) is 3.88. The second kappa shape index (κ2) is 7.38. The van der Waals surface area contributed by atoms with E-state index in [9.17, 15) is 0 Å². The van der Waals surface area contributed by atoms with Crippen LogP contribution >= 0.6 is 0 Å². The number of benzene rings is 1. The van der Waals surface area contributed by atoms with Gasteiger partial charge in [0.05, 0.1) is 6.61 Å². The van der Waals surface area contributed by atoms with Crippen molar-refractivity contribution in [3.05, 3.63) is 48.2 Å². The highest BCUT2D eigenvalue weighted by molar-refractivity contribution is 5.40. The third-order valence-corrected chi connectivity index (χ3v) is 2.73. The van der Waals surface area contributed by atoms with Gasteiger partial charge in [0.15, 0.2) is 11.5 Å². The van der Waals surface area contributed by atoms with Crippen LogP contribution in [0.3, 0.4) is 0 Å². The molecule has 1 heterocycles. The normalized spacial score (nSPS) is 10.1. The first-order chi connectivity index (χ1) is 9.83. The fourth-order valence-corrected chi connectivity index (χ4v) is 1.80. The molecule has 2 aromatic rings. The molecule has 0 unspecified atom stereocenters. The molecule has 1 aromatic carbocycles. The molecule has 0 aliphatic rings. The lowest BCUT2D eigenvalue weighted by Gasteiger charge is -2.11. The Morgan fingerprint density at radius 1 is 1.00 bits per heavy atom. The Hall–Kier alpha value is -2.23. The maximum absolute atomic E-state index is 5.79. The van der Waals surface area contributed by atoms with Gasteiger partial charge in [-0.05, 0) is 32.0 Å². The van der Waals surface area contributed by atoms with Crippen molar-refractivity contribution in [2.24, 2.45) is 0 Å². The predicted molar refractivity (Wildman–Crippen MR) is 80.3 cm³/mol. The second-order valence-corrected chi connectivity index (χ2v) is 4.25. The van der Waals surface area contributed by atoms with Crippen LogP contribution in [0.25, 0.3) is 0 Å². The van der Waals surface area contributed by atoms with Gasteiger partial charge in [0.2, 0.25) is 0 Å². The Morgan fingerprint density at radius 3 is 2.35 bits per heavy atom. The van der Waals surface area contributed by atoms with E-state index in [4.69, 9.17) is 9.47 Å². The minimum absolute atomic E-state index is 0.476. The number of rotatable bonds is 7. The fraction of sp³-hybridized carbons (Fsp3) is 0.312. The van der Waals surface area contributed by atoms with E-state index in [1.165, 1.54) is 0 Å². The summed E-state index contributed by atoms with van der Waals surface area (Å²) in [7, 11) is 0. The van der Waals surface area contributed by atoms with E-state index >= 15 is 0 Å². The van der Waals surface area contributed by atoms with E-state index in [0.717, 1.165) is 29.4 Å². The topological polar surface area (TPSA) is 43.4 Å². The Morgan fingerprint density at radius 2 is 1.75 bits per heavy atom. The highest BCUT2D eigenvalue weighted by Gasteiger charge is 2.04. The molecular formula is C16H20N2O2. The Labute approximate surface area is 119 Å². The van der Waals surface area contributed by atoms with Gasteiger partial charge in [0.25, 0.3) is 0 Å². The molecule has 0 fully saturated rings. The smallest absolute Gasteiger partial charge is 0.161 e. The summed E-state index contributed by atoms with van der Waals surface area (Å²) in [5, 5.41) is 3.16. The monoisotopic (exact) mass is 272 g/mol. The van der Waals surface area contributed by atoms with Crippen LogP contribution in [0.5, 0.6) is 11.5 Å². The molecular weight excluding hydrogens is 252 g/mol. The summed E-state index contributed by atoms with van der Waals surface area (Å²) in [6.07, 6.45) is 1.82. The van der Waals surface area contributed by atoms with Crippen LogP contribution in [-0.2, 0) is 6.61 Å². The standard InChI is InChI=1S/C16H20N2O2/c1-3-17-16-10-9-13(11-18-16)12-20-15-8-6-5-7-14(15)19-4-2/h5-11H,3-4,12H2,1-2H3,(H,17,18). The van der Waals surface area contributed by atoms with Crippen molar-refractivity contribution in [2.45, 2.75) is 20.5 Å². The zero-order valence-electron chi connectivity index (χ0n) is 11.9. The molecule has 0 saturated heterocycles. The molecule has 0 saturated carbocycles. The van der Waals surface area contributed by atoms with Crippen molar-refractivity contribution in [1.82, 2.24) is 4.98 Å². The highest BCUT2D eigenvalue weighted by atomic mass is 16.5. The Kier molecular flexibility index (Phi) is 5.24. The van der Waals surface area contributed by atoms with E-state index in [1.807, 2.05) is 56.4 Å². The van der Waals surface area contributed by atoms with Gasteiger partial charge in [-0.3, -0.25) is 0 Å². The van der Waals surface area contributed by atoms with Crippen LogP contribution in [-0.4, -0.2) is 18.1 Å². The number of nitrogens with zero attached hydrogens (tertiary/aromatic N) is 1. The number of pyridine rings is 1. The van der Waals surface area contributed by atoms with Crippen LogP contribution in [0.2, 0.25) is 0 Å². The van der Waals surface area contributed by atoms with Crippen molar-refractivity contribution in [3.63, 3.8) is 0 Å². The molecule has 0 atom stereocenters. The second-order valence-electron chi connectivity index (χ2n) is 4.25. The van der Waals surface area contributed by atoms with Gasteiger partial charge < -0.3 is 14.8 Å². The Bertz CT molecular complexity index is 526. The molecule has 106 valence electrons. The highest BCUT2D eigenvalue weighted by Crippen LogP contribution is 2.27. The summed E-state index contributed by atoms with van der Waals surface area (Å²) in [5.41, 5.74) is 1.03. The largest absolute Gasteiger partial charge is 0.490 e. The minimum atomic E-state index is 0.476. The van der Waals surface area contributed by atoms with Gasteiger partial charge in [-0.25, -0.2) is 4.98 Å². The van der Waals surface area contributed by atoms with Crippen molar-refractivity contribution in [2.75, 3.05) is 18.5 Å². The average Bonchev–Trinajstić information content (AvgIpc) is 2.48. The molecule has 4 heteroatoms. The molecule has 4 nitrogen and oxygen atoms in total. The summed E-state index contributed by atoms with van der Waals surface area (Å²) < 4.78 is 11.3. The summed E-state index contributed by atoms with van der Waals surface area (Å²) >= 11 is 0. The average molecular weight is 272 g/mol. The summed E-state index contributed by atoms with van der Waals surface area (Å²) in [6, 6.07) is 11.6. The van der Waals surface area contributed by atoms with Gasteiger partial charge in [-0.15, -0.1) is 0 Å². The number of hydrogen-bond donors (Lipinski definition) is 1. The van der Waals surface area contributed by atoms with Crippen molar-refractivity contribution in [1.29, 1.82) is 0 Å². The molecule has 0 amide bonds. The lowest BCUT2D eigenvalue weighted by molar-refractivity contribution is 0.269. The van der Waals surface area contributed by atoms with E-state index in [2.05, 4.69) is 10.3 Å². The van der Waals surface area contributed by atoms with E-state index in [0.29, 0.717) is 13.2 Å². The fourth-order valence-electron chi connectivity index (χ4n) is 1.80. The zero-order chi connectivity index (χ0) is 14.2. The van der Waals surface area contributed by atoms with Crippen LogP contribution in [0, 0.1) is 0 Å². The molecule has 0 spiro atoms. The maximum Gasteiger partial charge on any atom is 0.161 e. The van der Waals surface area contributed by atoms with Gasteiger partial charge in [-0.2, -0.15) is 0 Å². The lowest BCUT2D eigenvalue weighted by Crippen LogP contribution is -2.02. The van der Waals surface area contributed by atoms with E-state index in [1.54, 1.807) is 0 Å². The maximum atomic E-state index is 5.79. The molecule has 1 aromatic heterocycles. The molecule has 1 N–H and O–H groups in total. The number of para-hydroxylation sites is 2. The molecule has 20 heavy (non-hydrogen) atoms. The SMILES string of the molecule is CCNc1ccc(COc2ccccc2OCC)cn1. The van der Waals surface area contributed by atoms with Crippen LogP contribution in [0.4, 0.5) is 5.82 Å². The molecule has 2 rings (SSSR count). The van der Waals surface area contributed by atoms with Crippen LogP contribution in [0.1, 0.15) is 19.4 Å². The summed E-state index contributed by atoms with van der Waals surface area (Å²) in [6.45, 7) is 5.97. The third-order valence-electron chi connectivity index (χ3n) is 2.73. The van der Waals surface area contributed by atoms with Crippen LogP contribution in [0.15, 0.2) is 42.6 Å². The number of hydrogen-bond acceptors (Lipinski definition) is 4. The van der Waals surface area contributed by atoms with E-state index in [-0.39, 0.29) is 0 Å². The van der Waals surface area contributed by atoms with Gasteiger partial charge in [0.1, 0.15) is 12.4 Å². The minimum Gasteiger partial charge on any atom is -0.490 e. The zero-order valence-corrected chi connectivity index (χ0v) is 11.9. The number of ether oxygens (including phenoxy) is 2. The molecule has 0 aliphatic carbocycles.